The summed E-state index contributed by atoms with van der Waals surface area (Å²) in [6, 6.07) is 4.27. The number of amides is 2. The summed E-state index contributed by atoms with van der Waals surface area (Å²) in [5.41, 5.74) is -2.75. The molecule has 1 unspecified atom stereocenters. The Balaban J connectivity index is 1.78. The van der Waals surface area contributed by atoms with Gasteiger partial charge in [-0.05, 0) is 32.0 Å². The van der Waals surface area contributed by atoms with Gasteiger partial charge in [0, 0.05) is 0 Å². The standard InChI is InChI=1S/C17H14F3NO3/c1-15-6-7-16(2,24-15)12-11(15)13(22)21(14(12)23)10-5-3-4-9(8-10)17(18,19)20/h3-8,11-12H,1-2H3/t11-,12+,15+,16?/m0/s1. The molecule has 0 radical (unpaired) electrons. The van der Waals surface area contributed by atoms with E-state index in [1.807, 2.05) is 0 Å². The van der Waals surface area contributed by atoms with Crippen LogP contribution in [0.4, 0.5) is 18.9 Å². The van der Waals surface area contributed by atoms with Crippen molar-refractivity contribution >= 4 is 17.5 Å². The summed E-state index contributed by atoms with van der Waals surface area (Å²) >= 11 is 0. The number of imide groups is 1. The molecule has 3 aliphatic rings. The number of hydrogen-bond acceptors (Lipinski definition) is 3. The molecule has 2 amide bonds. The van der Waals surface area contributed by atoms with E-state index in [1.54, 1.807) is 26.0 Å². The number of ether oxygens (including phenoxy) is 1. The Morgan fingerprint density at radius 3 is 2.08 bits per heavy atom. The summed E-state index contributed by atoms with van der Waals surface area (Å²) in [6.07, 6.45) is -1.02. The van der Waals surface area contributed by atoms with Crippen molar-refractivity contribution in [3.8, 4) is 0 Å². The van der Waals surface area contributed by atoms with E-state index in [0.29, 0.717) is 0 Å². The molecule has 7 heteroatoms. The summed E-state index contributed by atoms with van der Waals surface area (Å²) in [6.45, 7) is 3.44. The molecule has 0 aromatic heterocycles. The molecule has 0 spiro atoms. The van der Waals surface area contributed by atoms with Crippen LogP contribution in [0.1, 0.15) is 19.4 Å². The number of carbonyl (C=O) groups is 2. The van der Waals surface area contributed by atoms with E-state index in [9.17, 15) is 22.8 Å². The average molecular weight is 337 g/mol. The molecule has 4 atom stereocenters. The average Bonchev–Trinajstić information content (AvgIpc) is 3.03. The molecule has 0 saturated carbocycles. The number of hydrogen-bond donors (Lipinski definition) is 0. The van der Waals surface area contributed by atoms with Gasteiger partial charge in [0.2, 0.25) is 11.8 Å². The van der Waals surface area contributed by atoms with Gasteiger partial charge < -0.3 is 4.74 Å². The lowest BCUT2D eigenvalue weighted by molar-refractivity contribution is -0.138. The highest BCUT2D eigenvalue weighted by Crippen LogP contribution is 2.57. The third-order valence-electron chi connectivity index (χ3n) is 5.16. The topological polar surface area (TPSA) is 46.6 Å². The van der Waals surface area contributed by atoms with Crippen LogP contribution in [-0.2, 0) is 20.5 Å². The van der Waals surface area contributed by atoms with Gasteiger partial charge in [-0.3, -0.25) is 9.59 Å². The summed E-state index contributed by atoms with van der Waals surface area (Å²) in [5.74, 6) is -2.45. The normalized spacial score (nSPS) is 37.5. The van der Waals surface area contributed by atoms with Crippen LogP contribution < -0.4 is 4.90 Å². The van der Waals surface area contributed by atoms with Gasteiger partial charge in [0.1, 0.15) is 0 Å². The number of nitrogens with zero attached hydrogens (tertiary/aromatic N) is 1. The number of carbonyl (C=O) groups excluding carboxylic acids is 2. The summed E-state index contributed by atoms with van der Waals surface area (Å²) in [4.78, 5) is 26.5. The predicted molar refractivity (Wildman–Crippen MR) is 78.0 cm³/mol. The second-order valence-corrected chi connectivity index (χ2v) is 6.82. The molecule has 2 saturated heterocycles. The van der Waals surface area contributed by atoms with Crippen molar-refractivity contribution in [3.05, 3.63) is 42.0 Å². The maximum absolute atomic E-state index is 12.9. The highest BCUT2D eigenvalue weighted by Gasteiger charge is 2.70. The molecule has 3 heterocycles. The largest absolute Gasteiger partial charge is 0.416 e. The molecule has 24 heavy (non-hydrogen) atoms. The first-order chi connectivity index (χ1) is 11.1. The fourth-order valence-corrected chi connectivity index (χ4v) is 4.11. The van der Waals surface area contributed by atoms with Gasteiger partial charge in [0.15, 0.2) is 0 Å². The number of alkyl halides is 3. The molecule has 4 rings (SSSR count). The van der Waals surface area contributed by atoms with Crippen molar-refractivity contribution in [2.45, 2.75) is 31.2 Å². The third-order valence-corrected chi connectivity index (χ3v) is 5.16. The van der Waals surface area contributed by atoms with Crippen LogP contribution in [0.15, 0.2) is 36.4 Å². The molecule has 2 bridgehead atoms. The smallest absolute Gasteiger partial charge is 0.359 e. The number of rotatable bonds is 1. The number of fused-ring (bicyclic) bond motifs is 5. The van der Waals surface area contributed by atoms with Crippen LogP contribution in [0, 0.1) is 11.8 Å². The first-order valence-corrected chi connectivity index (χ1v) is 7.52. The summed E-state index contributed by atoms with van der Waals surface area (Å²) in [7, 11) is 0. The zero-order valence-electron chi connectivity index (χ0n) is 12.9. The van der Waals surface area contributed by atoms with E-state index < -0.39 is 46.6 Å². The first-order valence-electron chi connectivity index (χ1n) is 7.52. The summed E-state index contributed by atoms with van der Waals surface area (Å²) < 4.78 is 44.6. The highest BCUT2D eigenvalue weighted by atomic mass is 19.4. The molecule has 4 nitrogen and oxygen atoms in total. The quantitative estimate of drug-likeness (QED) is 0.585. The number of halogens is 3. The molecular weight excluding hydrogens is 323 g/mol. The van der Waals surface area contributed by atoms with Crippen LogP contribution in [0.25, 0.3) is 0 Å². The number of anilines is 1. The van der Waals surface area contributed by atoms with Crippen LogP contribution in [0.5, 0.6) is 0 Å². The van der Waals surface area contributed by atoms with Crippen LogP contribution >= 0.6 is 0 Å². The minimum Gasteiger partial charge on any atom is -0.359 e. The second kappa shape index (κ2) is 4.27. The van der Waals surface area contributed by atoms with Gasteiger partial charge in [0.25, 0.3) is 0 Å². The van der Waals surface area contributed by atoms with E-state index in [1.165, 1.54) is 12.1 Å². The Labute approximate surface area is 135 Å². The van der Waals surface area contributed by atoms with Crippen molar-refractivity contribution in [2.75, 3.05) is 4.90 Å². The van der Waals surface area contributed by atoms with Crippen molar-refractivity contribution in [1.82, 2.24) is 0 Å². The molecule has 1 aromatic rings. The minimum absolute atomic E-state index is 0.0548. The second-order valence-electron chi connectivity index (χ2n) is 6.82. The molecule has 0 N–H and O–H groups in total. The van der Waals surface area contributed by atoms with Gasteiger partial charge in [-0.2, -0.15) is 13.2 Å². The molecule has 0 aliphatic carbocycles. The van der Waals surface area contributed by atoms with Crippen molar-refractivity contribution in [1.29, 1.82) is 0 Å². The van der Waals surface area contributed by atoms with Gasteiger partial charge >= 0.3 is 6.18 Å². The Kier molecular flexibility index (Phi) is 2.74. The van der Waals surface area contributed by atoms with Gasteiger partial charge in [-0.15, -0.1) is 0 Å². The van der Waals surface area contributed by atoms with Gasteiger partial charge in [-0.1, -0.05) is 18.2 Å². The zero-order valence-corrected chi connectivity index (χ0v) is 12.9. The fraction of sp³-hybridized carbons (Fsp3) is 0.412. The molecule has 126 valence electrons. The van der Waals surface area contributed by atoms with E-state index in [2.05, 4.69) is 0 Å². The Morgan fingerprint density at radius 1 is 1.04 bits per heavy atom. The highest BCUT2D eigenvalue weighted by molar-refractivity contribution is 6.23. The van der Waals surface area contributed by atoms with Crippen LogP contribution in [0.2, 0.25) is 0 Å². The van der Waals surface area contributed by atoms with Gasteiger partial charge in [0.05, 0.1) is 34.3 Å². The van der Waals surface area contributed by atoms with E-state index in [-0.39, 0.29) is 5.69 Å². The maximum Gasteiger partial charge on any atom is 0.416 e. The van der Waals surface area contributed by atoms with E-state index >= 15 is 0 Å². The number of benzene rings is 1. The zero-order chi connectivity index (χ0) is 17.5. The third kappa shape index (κ3) is 1.79. The van der Waals surface area contributed by atoms with Crippen molar-refractivity contribution < 1.29 is 27.5 Å². The fourth-order valence-electron chi connectivity index (χ4n) is 4.11. The van der Waals surface area contributed by atoms with E-state index in [4.69, 9.17) is 4.74 Å². The van der Waals surface area contributed by atoms with Crippen LogP contribution in [0.3, 0.4) is 0 Å². The molecule has 3 aliphatic heterocycles. The molecule has 1 aromatic carbocycles. The predicted octanol–water partition coefficient (Wildman–Crippen LogP) is 2.93. The Morgan fingerprint density at radius 2 is 1.58 bits per heavy atom. The summed E-state index contributed by atoms with van der Waals surface area (Å²) in [5, 5.41) is 0. The lowest BCUT2D eigenvalue weighted by atomic mass is 9.73. The first kappa shape index (κ1) is 15.4. The van der Waals surface area contributed by atoms with Crippen LogP contribution in [-0.4, -0.2) is 23.0 Å². The maximum atomic E-state index is 12.9. The Bertz CT molecular complexity index is 767. The molecular formula is C17H14F3NO3. The minimum atomic E-state index is -4.54. The lowest BCUT2D eigenvalue weighted by Crippen LogP contribution is -2.39. The van der Waals surface area contributed by atoms with Crippen molar-refractivity contribution in [2.24, 2.45) is 11.8 Å². The lowest BCUT2D eigenvalue weighted by Gasteiger charge is -2.25. The van der Waals surface area contributed by atoms with Gasteiger partial charge in [-0.25, -0.2) is 4.90 Å². The van der Waals surface area contributed by atoms with E-state index in [0.717, 1.165) is 17.0 Å². The molecule has 2 fully saturated rings. The monoisotopic (exact) mass is 337 g/mol. The van der Waals surface area contributed by atoms with Crippen molar-refractivity contribution in [3.63, 3.8) is 0 Å². The Hall–Kier alpha value is -2.15. The SMILES string of the molecule is CC12C=C[C@@](C)(O1)[C@@H]1C(=O)N(c3cccc(C(F)(F)F)c3)C(=O)[C@@H]12.